The van der Waals surface area contributed by atoms with Gasteiger partial charge in [0.25, 0.3) is 5.91 Å². The summed E-state index contributed by atoms with van der Waals surface area (Å²) in [5.41, 5.74) is 3.62. The SMILES string of the molecule is CC1C(=O)NCCN1Cc1ccc(C(=O)NN)cc1Br. The summed E-state index contributed by atoms with van der Waals surface area (Å²) in [7, 11) is 0. The predicted octanol–water partition coefficient (Wildman–Crippen LogP) is 0.373. The first kappa shape index (κ1) is 15.0. The highest BCUT2D eigenvalue weighted by Crippen LogP contribution is 2.21. The molecule has 4 N–H and O–H groups in total. The Morgan fingerprint density at radius 1 is 1.60 bits per heavy atom. The highest BCUT2D eigenvalue weighted by atomic mass is 79.9. The van der Waals surface area contributed by atoms with Crippen LogP contribution in [0, 0.1) is 0 Å². The molecule has 1 unspecified atom stereocenters. The number of carbonyl (C=O) groups excluding carboxylic acids is 2. The van der Waals surface area contributed by atoms with Crippen molar-refractivity contribution < 1.29 is 9.59 Å². The number of nitrogens with zero attached hydrogens (tertiary/aromatic N) is 1. The molecule has 0 saturated carbocycles. The van der Waals surface area contributed by atoms with Crippen LogP contribution in [0.4, 0.5) is 0 Å². The molecular formula is C13H17BrN4O2. The van der Waals surface area contributed by atoms with Gasteiger partial charge >= 0.3 is 0 Å². The van der Waals surface area contributed by atoms with Gasteiger partial charge in [0.2, 0.25) is 5.91 Å². The van der Waals surface area contributed by atoms with Crippen LogP contribution in [0.2, 0.25) is 0 Å². The molecule has 7 heteroatoms. The summed E-state index contributed by atoms with van der Waals surface area (Å²) in [5.74, 6) is 4.82. The Balaban J connectivity index is 2.13. The van der Waals surface area contributed by atoms with Crippen LogP contribution in [0.1, 0.15) is 22.8 Å². The molecule has 0 aromatic heterocycles. The Labute approximate surface area is 125 Å². The molecule has 1 saturated heterocycles. The maximum atomic E-state index is 11.6. The minimum absolute atomic E-state index is 0.0477. The van der Waals surface area contributed by atoms with E-state index in [0.717, 1.165) is 16.6 Å². The first-order valence-electron chi connectivity index (χ1n) is 6.34. The molecule has 0 aliphatic carbocycles. The molecule has 0 radical (unpaired) electrons. The van der Waals surface area contributed by atoms with Gasteiger partial charge < -0.3 is 5.32 Å². The molecule has 1 aromatic rings. The number of benzene rings is 1. The number of nitrogens with two attached hydrogens (primary N) is 1. The van der Waals surface area contributed by atoms with Crippen molar-refractivity contribution >= 4 is 27.7 Å². The summed E-state index contributed by atoms with van der Waals surface area (Å²) in [6.07, 6.45) is 0. The molecular weight excluding hydrogens is 324 g/mol. The van der Waals surface area contributed by atoms with Gasteiger partial charge in [0.15, 0.2) is 0 Å². The number of carbonyl (C=O) groups is 2. The lowest BCUT2D eigenvalue weighted by molar-refractivity contribution is -0.128. The van der Waals surface area contributed by atoms with Gasteiger partial charge in [-0.3, -0.25) is 19.9 Å². The summed E-state index contributed by atoms with van der Waals surface area (Å²) < 4.78 is 0.830. The van der Waals surface area contributed by atoms with Crippen molar-refractivity contribution in [2.45, 2.75) is 19.5 Å². The average Bonchev–Trinajstić information content (AvgIpc) is 2.45. The number of hydrogen-bond acceptors (Lipinski definition) is 4. The number of nitrogens with one attached hydrogen (secondary N) is 2. The van der Waals surface area contributed by atoms with Crippen molar-refractivity contribution in [1.29, 1.82) is 0 Å². The number of halogens is 1. The zero-order chi connectivity index (χ0) is 14.7. The van der Waals surface area contributed by atoms with E-state index in [-0.39, 0.29) is 17.9 Å². The molecule has 1 aliphatic rings. The number of rotatable bonds is 3. The maximum Gasteiger partial charge on any atom is 0.265 e. The fraction of sp³-hybridized carbons (Fsp3) is 0.385. The molecule has 1 aromatic carbocycles. The Morgan fingerprint density at radius 2 is 2.35 bits per heavy atom. The molecule has 2 amide bonds. The molecule has 1 aliphatic heterocycles. The van der Waals surface area contributed by atoms with Crippen LogP contribution in [-0.4, -0.2) is 35.8 Å². The van der Waals surface area contributed by atoms with Gasteiger partial charge in [0, 0.05) is 29.7 Å². The van der Waals surface area contributed by atoms with E-state index in [0.29, 0.717) is 18.7 Å². The molecule has 2 rings (SSSR count). The maximum absolute atomic E-state index is 11.6. The topological polar surface area (TPSA) is 87.5 Å². The third-order valence-electron chi connectivity index (χ3n) is 3.45. The van der Waals surface area contributed by atoms with Crippen molar-refractivity contribution in [2.75, 3.05) is 13.1 Å². The van der Waals surface area contributed by atoms with Gasteiger partial charge in [0.05, 0.1) is 6.04 Å². The van der Waals surface area contributed by atoms with Crippen LogP contribution in [0.25, 0.3) is 0 Å². The summed E-state index contributed by atoms with van der Waals surface area (Å²) in [6.45, 7) is 4.01. The molecule has 1 heterocycles. The molecule has 6 nitrogen and oxygen atoms in total. The Morgan fingerprint density at radius 3 is 3.00 bits per heavy atom. The number of nitrogen functional groups attached to an aromatic ring is 1. The van der Waals surface area contributed by atoms with Gasteiger partial charge in [-0.25, -0.2) is 5.84 Å². The van der Waals surface area contributed by atoms with E-state index in [1.54, 1.807) is 12.1 Å². The van der Waals surface area contributed by atoms with E-state index in [2.05, 4.69) is 31.6 Å². The highest BCUT2D eigenvalue weighted by molar-refractivity contribution is 9.10. The molecule has 20 heavy (non-hydrogen) atoms. The number of piperazine rings is 1. The quantitative estimate of drug-likeness (QED) is 0.421. The lowest BCUT2D eigenvalue weighted by atomic mass is 10.1. The monoisotopic (exact) mass is 340 g/mol. The Kier molecular flexibility index (Phi) is 4.74. The van der Waals surface area contributed by atoms with Gasteiger partial charge in [-0.1, -0.05) is 22.0 Å². The largest absolute Gasteiger partial charge is 0.353 e. The van der Waals surface area contributed by atoms with Crippen molar-refractivity contribution in [1.82, 2.24) is 15.6 Å². The number of hydrogen-bond donors (Lipinski definition) is 3. The Bertz CT molecular complexity index is 535. The molecule has 1 fully saturated rings. The zero-order valence-corrected chi connectivity index (χ0v) is 12.7. The summed E-state index contributed by atoms with van der Waals surface area (Å²) >= 11 is 3.46. The minimum atomic E-state index is -0.331. The minimum Gasteiger partial charge on any atom is -0.353 e. The second-order valence-corrected chi connectivity index (χ2v) is 5.57. The second kappa shape index (κ2) is 6.34. The molecule has 0 bridgehead atoms. The van der Waals surface area contributed by atoms with Crippen LogP contribution in [0.15, 0.2) is 22.7 Å². The van der Waals surface area contributed by atoms with E-state index in [4.69, 9.17) is 5.84 Å². The van der Waals surface area contributed by atoms with Crippen LogP contribution in [-0.2, 0) is 11.3 Å². The van der Waals surface area contributed by atoms with Gasteiger partial charge in [-0.15, -0.1) is 0 Å². The molecule has 0 spiro atoms. The van der Waals surface area contributed by atoms with E-state index in [1.165, 1.54) is 0 Å². The van der Waals surface area contributed by atoms with Gasteiger partial charge in [-0.05, 0) is 24.6 Å². The predicted molar refractivity (Wildman–Crippen MR) is 78.7 cm³/mol. The third-order valence-corrected chi connectivity index (χ3v) is 4.18. The van der Waals surface area contributed by atoms with Crippen LogP contribution < -0.4 is 16.6 Å². The van der Waals surface area contributed by atoms with Crippen LogP contribution in [0.3, 0.4) is 0 Å². The van der Waals surface area contributed by atoms with Crippen molar-refractivity contribution in [3.63, 3.8) is 0 Å². The second-order valence-electron chi connectivity index (χ2n) is 4.72. The van der Waals surface area contributed by atoms with Crippen molar-refractivity contribution in [2.24, 2.45) is 5.84 Å². The van der Waals surface area contributed by atoms with E-state index < -0.39 is 0 Å². The van der Waals surface area contributed by atoms with E-state index >= 15 is 0 Å². The van der Waals surface area contributed by atoms with E-state index in [9.17, 15) is 9.59 Å². The average molecular weight is 341 g/mol. The van der Waals surface area contributed by atoms with Gasteiger partial charge in [-0.2, -0.15) is 0 Å². The normalized spacial score (nSPS) is 19.6. The standard InChI is InChI=1S/C13H17BrN4O2/c1-8-12(19)16-4-5-18(8)7-10-3-2-9(6-11(10)14)13(20)17-15/h2-3,6,8H,4-5,7,15H2,1H3,(H,16,19)(H,17,20). The third kappa shape index (κ3) is 3.17. The summed E-state index contributed by atoms with van der Waals surface area (Å²) in [4.78, 5) is 25.2. The fourth-order valence-electron chi connectivity index (χ4n) is 2.16. The highest BCUT2D eigenvalue weighted by Gasteiger charge is 2.25. The van der Waals surface area contributed by atoms with Crippen molar-refractivity contribution in [3.05, 3.63) is 33.8 Å². The first-order valence-corrected chi connectivity index (χ1v) is 7.13. The summed E-state index contributed by atoms with van der Waals surface area (Å²) in [6, 6.07) is 5.17. The Hall–Kier alpha value is -1.44. The summed E-state index contributed by atoms with van der Waals surface area (Å²) in [5, 5.41) is 2.83. The number of hydrazine groups is 1. The van der Waals surface area contributed by atoms with Crippen LogP contribution in [0.5, 0.6) is 0 Å². The smallest absolute Gasteiger partial charge is 0.265 e. The van der Waals surface area contributed by atoms with E-state index in [1.807, 2.05) is 13.0 Å². The first-order chi connectivity index (χ1) is 9.52. The fourth-order valence-corrected chi connectivity index (χ4v) is 2.67. The van der Waals surface area contributed by atoms with Crippen LogP contribution >= 0.6 is 15.9 Å². The molecule has 108 valence electrons. The lowest BCUT2D eigenvalue weighted by Gasteiger charge is -2.33. The number of amides is 2. The molecule has 1 atom stereocenters. The lowest BCUT2D eigenvalue weighted by Crippen LogP contribution is -2.53. The van der Waals surface area contributed by atoms with Crippen molar-refractivity contribution in [3.8, 4) is 0 Å². The zero-order valence-electron chi connectivity index (χ0n) is 11.1. The van der Waals surface area contributed by atoms with Gasteiger partial charge in [0.1, 0.15) is 0 Å².